The normalized spacial score (nSPS) is 13.6. The fraction of sp³-hybridized carbons (Fsp3) is 0.840. The molecule has 2 unspecified atom stereocenters. The van der Waals surface area contributed by atoms with Gasteiger partial charge in [-0.05, 0) is 38.0 Å². The minimum Gasteiger partial charge on any atom is -0.103 e. The highest BCUT2D eigenvalue weighted by molar-refractivity contribution is 4.98. The first kappa shape index (κ1) is 24.5. The molecule has 0 bridgehead atoms. The second-order valence-corrected chi connectivity index (χ2v) is 8.33. The largest absolute Gasteiger partial charge is 0.103 e. The quantitative estimate of drug-likeness (QED) is 0.161. The molecule has 148 valence electrons. The Morgan fingerprint density at radius 3 is 1.76 bits per heavy atom. The summed E-state index contributed by atoms with van der Waals surface area (Å²) in [5.41, 5.74) is 1.42. The third-order valence-corrected chi connectivity index (χ3v) is 5.76. The third-order valence-electron chi connectivity index (χ3n) is 5.76. The van der Waals surface area contributed by atoms with Crippen LogP contribution in [0.25, 0.3) is 0 Å². The predicted molar refractivity (Wildman–Crippen MR) is 117 cm³/mol. The monoisotopic (exact) mass is 348 g/mol. The lowest BCUT2D eigenvalue weighted by atomic mass is 9.81. The van der Waals surface area contributed by atoms with Crippen molar-refractivity contribution in [2.45, 2.75) is 124 Å². The standard InChI is InChI=1S/C25H48/c1-6-8-10-12-13-14-15-16-18-19-21-24(5)25(23(3)4)22-20-17-11-9-7-2/h6,24-25H,1,3,7-22H2,2,4-5H3. The SMILES string of the molecule is C=CCCCCCCCCCCC(C)C(CCCCCCC)C(=C)C. The molecule has 0 fully saturated rings. The fourth-order valence-electron chi connectivity index (χ4n) is 4.00. The van der Waals surface area contributed by atoms with Crippen LogP contribution in [-0.4, -0.2) is 0 Å². The fourth-order valence-corrected chi connectivity index (χ4v) is 4.00. The van der Waals surface area contributed by atoms with Gasteiger partial charge in [0.15, 0.2) is 0 Å². The molecule has 0 aliphatic heterocycles. The summed E-state index contributed by atoms with van der Waals surface area (Å²) in [6.07, 6.45) is 24.3. The molecule has 0 aromatic rings. The lowest BCUT2D eigenvalue weighted by Gasteiger charge is -2.24. The second-order valence-electron chi connectivity index (χ2n) is 8.33. The molecule has 0 heteroatoms. The molecule has 0 nitrogen and oxygen atoms in total. The van der Waals surface area contributed by atoms with Gasteiger partial charge in [-0.1, -0.05) is 116 Å². The first-order valence-corrected chi connectivity index (χ1v) is 11.4. The van der Waals surface area contributed by atoms with Crippen molar-refractivity contribution in [2.75, 3.05) is 0 Å². The maximum absolute atomic E-state index is 4.28. The molecule has 0 aliphatic carbocycles. The van der Waals surface area contributed by atoms with Crippen LogP contribution >= 0.6 is 0 Å². The van der Waals surface area contributed by atoms with Crippen molar-refractivity contribution in [3.63, 3.8) is 0 Å². The topological polar surface area (TPSA) is 0 Å². The zero-order valence-corrected chi connectivity index (χ0v) is 18.0. The van der Waals surface area contributed by atoms with E-state index in [1.54, 1.807) is 0 Å². The number of hydrogen-bond acceptors (Lipinski definition) is 0. The summed E-state index contributed by atoms with van der Waals surface area (Å²) in [7, 11) is 0. The molecule has 2 atom stereocenters. The Kier molecular flexibility index (Phi) is 17.9. The van der Waals surface area contributed by atoms with Gasteiger partial charge in [0.25, 0.3) is 0 Å². The van der Waals surface area contributed by atoms with E-state index >= 15 is 0 Å². The van der Waals surface area contributed by atoms with Crippen LogP contribution in [0.1, 0.15) is 124 Å². The lowest BCUT2D eigenvalue weighted by Crippen LogP contribution is -2.13. The highest BCUT2D eigenvalue weighted by Crippen LogP contribution is 2.29. The van der Waals surface area contributed by atoms with Crippen molar-refractivity contribution in [1.29, 1.82) is 0 Å². The van der Waals surface area contributed by atoms with Crippen LogP contribution in [0.2, 0.25) is 0 Å². The Labute approximate surface area is 160 Å². The Morgan fingerprint density at radius 2 is 1.24 bits per heavy atom. The van der Waals surface area contributed by atoms with E-state index < -0.39 is 0 Å². The second kappa shape index (κ2) is 18.3. The number of rotatable bonds is 19. The predicted octanol–water partition coefficient (Wildman–Crippen LogP) is 9.26. The molecule has 0 spiro atoms. The average molecular weight is 349 g/mol. The van der Waals surface area contributed by atoms with Gasteiger partial charge in [-0.15, -0.1) is 6.58 Å². The summed E-state index contributed by atoms with van der Waals surface area (Å²) < 4.78 is 0. The van der Waals surface area contributed by atoms with Crippen molar-refractivity contribution in [1.82, 2.24) is 0 Å². The van der Waals surface area contributed by atoms with Crippen LogP contribution in [0.4, 0.5) is 0 Å². The van der Waals surface area contributed by atoms with Gasteiger partial charge < -0.3 is 0 Å². The Hall–Kier alpha value is -0.520. The molecule has 0 amide bonds. The van der Waals surface area contributed by atoms with Gasteiger partial charge in [-0.2, -0.15) is 0 Å². The maximum Gasteiger partial charge on any atom is -0.0183 e. The molecular formula is C25H48. The smallest absolute Gasteiger partial charge is 0.0183 e. The minimum atomic E-state index is 0.756. The summed E-state index contributed by atoms with van der Waals surface area (Å²) in [5.74, 6) is 1.58. The van der Waals surface area contributed by atoms with Gasteiger partial charge >= 0.3 is 0 Å². The van der Waals surface area contributed by atoms with Crippen LogP contribution in [0.5, 0.6) is 0 Å². The molecule has 0 saturated heterocycles. The summed E-state index contributed by atoms with van der Waals surface area (Å²) in [5, 5.41) is 0. The Morgan fingerprint density at radius 1 is 0.760 bits per heavy atom. The van der Waals surface area contributed by atoms with Gasteiger partial charge in [-0.25, -0.2) is 0 Å². The molecule has 0 rings (SSSR count). The van der Waals surface area contributed by atoms with Crippen LogP contribution < -0.4 is 0 Å². The molecule has 0 aromatic carbocycles. The summed E-state index contributed by atoms with van der Waals surface area (Å²) >= 11 is 0. The average Bonchev–Trinajstić information content (AvgIpc) is 2.59. The molecule has 0 N–H and O–H groups in total. The van der Waals surface area contributed by atoms with E-state index in [0.29, 0.717) is 0 Å². The summed E-state index contributed by atoms with van der Waals surface area (Å²) in [6, 6.07) is 0. The van der Waals surface area contributed by atoms with Crippen molar-refractivity contribution in [2.24, 2.45) is 11.8 Å². The van der Waals surface area contributed by atoms with E-state index in [0.717, 1.165) is 11.8 Å². The molecule has 0 radical (unpaired) electrons. The minimum absolute atomic E-state index is 0.756. The molecular weight excluding hydrogens is 300 g/mol. The summed E-state index contributed by atoms with van der Waals surface area (Å²) in [4.78, 5) is 0. The highest BCUT2D eigenvalue weighted by Gasteiger charge is 2.17. The van der Waals surface area contributed by atoms with Gasteiger partial charge in [0.1, 0.15) is 0 Å². The van der Waals surface area contributed by atoms with Gasteiger partial charge in [0.2, 0.25) is 0 Å². The van der Waals surface area contributed by atoms with Crippen LogP contribution in [-0.2, 0) is 0 Å². The zero-order valence-electron chi connectivity index (χ0n) is 18.0. The van der Waals surface area contributed by atoms with E-state index in [2.05, 4.69) is 33.9 Å². The molecule has 0 heterocycles. The van der Waals surface area contributed by atoms with Gasteiger partial charge in [-0.3, -0.25) is 0 Å². The molecule has 0 aromatic heterocycles. The van der Waals surface area contributed by atoms with E-state index in [-0.39, 0.29) is 0 Å². The number of allylic oxidation sites excluding steroid dienone is 2. The summed E-state index contributed by atoms with van der Waals surface area (Å²) in [6.45, 7) is 15.1. The van der Waals surface area contributed by atoms with Crippen molar-refractivity contribution in [3.8, 4) is 0 Å². The van der Waals surface area contributed by atoms with Crippen LogP contribution in [0.3, 0.4) is 0 Å². The van der Waals surface area contributed by atoms with E-state index in [4.69, 9.17) is 0 Å². The van der Waals surface area contributed by atoms with Crippen molar-refractivity contribution >= 4 is 0 Å². The van der Waals surface area contributed by atoms with Crippen molar-refractivity contribution in [3.05, 3.63) is 24.8 Å². The first-order chi connectivity index (χ1) is 12.1. The van der Waals surface area contributed by atoms with E-state index in [1.165, 1.54) is 108 Å². The lowest BCUT2D eigenvalue weighted by molar-refractivity contribution is 0.339. The zero-order chi connectivity index (χ0) is 18.8. The van der Waals surface area contributed by atoms with E-state index in [9.17, 15) is 0 Å². The molecule has 0 aliphatic rings. The Bertz CT molecular complexity index is 301. The maximum atomic E-state index is 4.28. The number of unbranched alkanes of at least 4 members (excludes halogenated alkanes) is 12. The highest BCUT2D eigenvalue weighted by atomic mass is 14.2. The van der Waals surface area contributed by atoms with Gasteiger partial charge in [0, 0.05) is 0 Å². The molecule has 25 heavy (non-hydrogen) atoms. The van der Waals surface area contributed by atoms with Gasteiger partial charge in [0.05, 0.1) is 0 Å². The number of hydrogen-bond donors (Lipinski definition) is 0. The Balaban J connectivity index is 3.65. The van der Waals surface area contributed by atoms with Crippen LogP contribution in [0.15, 0.2) is 24.8 Å². The van der Waals surface area contributed by atoms with Crippen LogP contribution in [0, 0.1) is 11.8 Å². The van der Waals surface area contributed by atoms with E-state index in [1.807, 2.05) is 6.08 Å². The molecule has 0 saturated carbocycles. The first-order valence-electron chi connectivity index (χ1n) is 11.4. The van der Waals surface area contributed by atoms with Crippen molar-refractivity contribution < 1.29 is 0 Å². The third kappa shape index (κ3) is 15.5.